The molecule has 5 heteroatoms. The first-order valence-corrected chi connectivity index (χ1v) is 5.88. The second-order valence-corrected chi connectivity index (χ2v) is 4.96. The van der Waals surface area contributed by atoms with Crippen LogP contribution < -0.4 is 0 Å². The monoisotopic (exact) mass is 234 g/mol. The molecule has 0 bridgehead atoms. The molecule has 1 saturated heterocycles. The van der Waals surface area contributed by atoms with Gasteiger partial charge in [-0.05, 0) is 18.6 Å². The van der Waals surface area contributed by atoms with Crippen LogP contribution in [0.25, 0.3) is 0 Å². The van der Waals surface area contributed by atoms with Gasteiger partial charge in [0.25, 0.3) is 0 Å². The quantitative estimate of drug-likeness (QED) is 0.698. The third kappa shape index (κ3) is 2.27. The molecular formula is C8H8Cl2N2S. The highest BCUT2D eigenvalue weighted by atomic mass is 35.5. The molecule has 2 nitrogen and oxygen atoms in total. The maximum Gasteiger partial charge on any atom is 0.144 e. The summed E-state index contributed by atoms with van der Waals surface area (Å²) >= 11 is 13.4. The van der Waals surface area contributed by atoms with E-state index in [1.54, 1.807) is 6.07 Å². The van der Waals surface area contributed by atoms with E-state index in [2.05, 4.69) is 9.97 Å². The van der Waals surface area contributed by atoms with Crippen molar-refractivity contribution in [1.29, 1.82) is 0 Å². The molecule has 1 aromatic rings. The highest BCUT2D eigenvalue weighted by Gasteiger charge is 2.20. The summed E-state index contributed by atoms with van der Waals surface area (Å²) in [5.74, 6) is 1.96. The van der Waals surface area contributed by atoms with Crippen molar-refractivity contribution < 1.29 is 0 Å². The molecule has 1 fully saturated rings. The van der Waals surface area contributed by atoms with Crippen LogP contribution in [0.1, 0.15) is 23.9 Å². The number of rotatable bonds is 1. The number of nitrogens with zero attached hydrogens (tertiary/aromatic N) is 2. The zero-order valence-electron chi connectivity index (χ0n) is 6.83. The molecule has 1 unspecified atom stereocenters. The van der Waals surface area contributed by atoms with Gasteiger partial charge in [-0.2, -0.15) is 11.8 Å². The minimum atomic E-state index is 0.385. The van der Waals surface area contributed by atoms with Gasteiger partial charge in [0, 0.05) is 6.07 Å². The van der Waals surface area contributed by atoms with Crippen LogP contribution in [-0.4, -0.2) is 15.7 Å². The van der Waals surface area contributed by atoms with E-state index in [9.17, 15) is 0 Å². The Morgan fingerprint density at radius 2 is 2.00 bits per heavy atom. The molecule has 13 heavy (non-hydrogen) atoms. The van der Waals surface area contributed by atoms with Crippen LogP contribution in [0.4, 0.5) is 0 Å². The first kappa shape index (κ1) is 9.56. The summed E-state index contributed by atoms with van der Waals surface area (Å²) in [5, 5.41) is 1.25. The highest BCUT2D eigenvalue weighted by Crippen LogP contribution is 2.38. The molecular weight excluding hydrogens is 227 g/mol. The van der Waals surface area contributed by atoms with E-state index in [-0.39, 0.29) is 0 Å². The van der Waals surface area contributed by atoms with E-state index in [1.807, 2.05) is 11.8 Å². The van der Waals surface area contributed by atoms with Crippen molar-refractivity contribution >= 4 is 35.0 Å². The fourth-order valence-electron chi connectivity index (χ4n) is 1.33. The van der Waals surface area contributed by atoms with Gasteiger partial charge >= 0.3 is 0 Å². The van der Waals surface area contributed by atoms with E-state index in [4.69, 9.17) is 23.2 Å². The van der Waals surface area contributed by atoms with Crippen molar-refractivity contribution in [3.63, 3.8) is 0 Å². The first-order chi connectivity index (χ1) is 6.25. The zero-order chi connectivity index (χ0) is 9.26. The van der Waals surface area contributed by atoms with Crippen molar-refractivity contribution in [3.05, 3.63) is 22.2 Å². The van der Waals surface area contributed by atoms with E-state index in [0.717, 1.165) is 12.2 Å². The molecule has 1 aliphatic heterocycles. The molecule has 2 rings (SSSR count). The Morgan fingerprint density at radius 1 is 1.31 bits per heavy atom. The number of halogens is 2. The Balaban J connectivity index is 2.28. The molecule has 0 N–H and O–H groups in total. The Morgan fingerprint density at radius 3 is 2.54 bits per heavy atom. The normalized spacial score (nSPS) is 22.2. The molecule has 0 radical (unpaired) electrons. The van der Waals surface area contributed by atoms with Crippen molar-refractivity contribution in [2.45, 2.75) is 18.1 Å². The number of hydrogen-bond donors (Lipinski definition) is 0. The molecule has 1 aromatic heterocycles. The molecule has 0 spiro atoms. The molecule has 0 aromatic carbocycles. The van der Waals surface area contributed by atoms with E-state index < -0.39 is 0 Å². The first-order valence-electron chi connectivity index (χ1n) is 4.07. The number of hydrogen-bond acceptors (Lipinski definition) is 3. The summed E-state index contributed by atoms with van der Waals surface area (Å²) in [7, 11) is 0. The molecule has 1 aliphatic rings. The minimum absolute atomic E-state index is 0.385. The van der Waals surface area contributed by atoms with Gasteiger partial charge in [0.2, 0.25) is 0 Å². The van der Waals surface area contributed by atoms with Crippen LogP contribution in [0.15, 0.2) is 6.07 Å². The summed E-state index contributed by atoms with van der Waals surface area (Å²) in [4.78, 5) is 8.33. The molecule has 70 valence electrons. The average molecular weight is 235 g/mol. The van der Waals surface area contributed by atoms with Gasteiger partial charge in [-0.1, -0.05) is 23.2 Å². The van der Waals surface area contributed by atoms with Gasteiger partial charge in [0.05, 0.1) is 5.25 Å². The van der Waals surface area contributed by atoms with Gasteiger partial charge < -0.3 is 0 Å². The zero-order valence-corrected chi connectivity index (χ0v) is 9.16. The topological polar surface area (TPSA) is 25.8 Å². The Labute approximate surface area is 91.1 Å². The lowest BCUT2D eigenvalue weighted by molar-refractivity contribution is 0.777. The van der Waals surface area contributed by atoms with Gasteiger partial charge in [-0.25, -0.2) is 9.97 Å². The SMILES string of the molecule is Clc1cc(Cl)nc(C2CCCS2)n1. The standard InChI is InChI=1S/C8H8Cl2N2S/c9-6-4-7(10)12-8(11-6)5-2-1-3-13-5/h4-5H,1-3H2. The van der Waals surface area contributed by atoms with Crippen LogP contribution in [0.2, 0.25) is 10.3 Å². The van der Waals surface area contributed by atoms with Gasteiger partial charge in [0.15, 0.2) is 0 Å². The van der Waals surface area contributed by atoms with E-state index >= 15 is 0 Å². The third-order valence-corrected chi connectivity index (χ3v) is 3.66. The summed E-state index contributed by atoms with van der Waals surface area (Å²) in [5.41, 5.74) is 0. The number of aromatic nitrogens is 2. The molecule has 0 amide bonds. The minimum Gasteiger partial charge on any atom is -0.220 e. The maximum absolute atomic E-state index is 5.78. The smallest absolute Gasteiger partial charge is 0.144 e. The Bertz CT molecular complexity index is 293. The summed E-state index contributed by atoms with van der Waals surface area (Å²) in [6.07, 6.45) is 2.35. The lowest BCUT2D eigenvalue weighted by Crippen LogP contribution is -1.98. The van der Waals surface area contributed by atoms with Gasteiger partial charge in [0.1, 0.15) is 16.1 Å². The molecule has 0 saturated carbocycles. The molecule has 0 aliphatic carbocycles. The predicted molar refractivity (Wildman–Crippen MR) is 56.5 cm³/mol. The summed E-state index contributed by atoms with van der Waals surface area (Å²) in [6, 6.07) is 1.56. The lowest BCUT2D eigenvalue weighted by atomic mass is 10.2. The fraction of sp³-hybridized carbons (Fsp3) is 0.500. The average Bonchev–Trinajstić information content (AvgIpc) is 2.53. The van der Waals surface area contributed by atoms with Crippen LogP contribution in [0.3, 0.4) is 0 Å². The molecule has 1 atom stereocenters. The van der Waals surface area contributed by atoms with Crippen molar-refractivity contribution in [2.24, 2.45) is 0 Å². The van der Waals surface area contributed by atoms with E-state index in [0.29, 0.717) is 15.6 Å². The Hall–Kier alpha value is 0.01000. The summed E-state index contributed by atoms with van der Waals surface area (Å²) < 4.78 is 0. The number of thioether (sulfide) groups is 1. The van der Waals surface area contributed by atoms with E-state index in [1.165, 1.54) is 12.2 Å². The van der Waals surface area contributed by atoms with Gasteiger partial charge in [-0.15, -0.1) is 0 Å². The second kappa shape index (κ2) is 4.03. The van der Waals surface area contributed by atoms with Crippen LogP contribution in [0, 0.1) is 0 Å². The Kier molecular flexibility index (Phi) is 2.96. The largest absolute Gasteiger partial charge is 0.220 e. The van der Waals surface area contributed by atoms with Gasteiger partial charge in [-0.3, -0.25) is 0 Å². The highest BCUT2D eigenvalue weighted by molar-refractivity contribution is 7.99. The van der Waals surface area contributed by atoms with Crippen LogP contribution in [0.5, 0.6) is 0 Å². The van der Waals surface area contributed by atoms with Crippen LogP contribution >= 0.6 is 35.0 Å². The summed E-state index contributed by atoms with van der Waals surface area (Å²) in [6.45, 7) is 0. The fourth-order valence-corrected chi connectivity index (χ4v) is 2.97. The second-order valence-electron chi connectivity index (χ2n) is 2.87. The van der Waals surface area contributed by atoms with Crippen molar-refractivity contribution in [2.75, 3.05) is 5.75 Å². The van der Waals surface area contributed by atoms with Crippen LogP contribution in [-0.2, 0) is 0 Å². The molecule has 2 heterocycles. The lowest BCUT2D eigenvalue weighted by Gasteiger charge is -2.06. The van der Waals surface area contributed by atoms with Crippen molar-refractivity contribution in [3.8, 4) is 0 Å². The third-order valence-electron chi connectivity index (χ3n) is 1.90. The van der Waals surface area contributed by atoms with Crippen molar-refractivity contribution in [1.82, 2.24) is 9.97 Å². The maximum atomic E-state index is 5.78. The predicted octanol–water partition coefficient (Wildman–Crippen LogP) is 3.35.